The molecule has 0 aromatic rings. The van der Waals surface area contributed by atoms with Gasteiger partial charge in [-0.05, 0) is 58.0 Å². The highest BCUT2D eigenvalue weighted by molar-refractivity contribution is 14.0. The van der Waals surface area contributed by atoms with Crippen LogP contribution in [0.3, 0.4) is 0 Å². The van der Waals surface area contributed by atoms with Gasteiger partial charge >= 0.3 is 0 Å². The Morgan fingerprint density at radius 3 is 2.64 bits per heavy atom. The largest absolute Gasteiger partial charge is 0.357 e. The van der Waals surface area contributed by atoms with Crippen LogP contribution < -0.4 is 10.6 Å². The molecule has 0 radical (unpaired) electrons. The molecule has 2 rings (SSSR count). The molecule has 2 heterocycles. The first-order chi connectivity index (χ1) is 13.0. The zero-order valence-corrected chi connectivity index (χ0v) is 20.7. The summed E-state index contributed by atoms with van der Waals surface area (Å²) >= 11 is 0. The van der Waals surface area contributed by atoms with Gasteiger partial charge in [0.1, 0.15) is 0 Å². The summed E-state index contributed by atoms with van der Waals surface area (Å²) in [7, 11) is 0. The molecule has 0 bridgehead atoms. The lowest BCUT2D eigenvalue weighted by Gasteiger charge is -2.30. The number of unbranched alkanes of at least 4 members (excludes halogenated alkanes) is 1. The highest BCUT2D eigenvalue weighted by Gasteiger charge is 2.27. The van der Waals surface area contributed by atoms with E-state index in [1.807, 2.05) is 18.7 Å². The van der Waals surface area contributed by atoms with Crippen LogP contribution in [0.4, 0.5) is 0 Å². The number of amides is 1. The van der Waals surface area contributed by atoms with Crippen molar-refractivity contribution in [2.45, 2.75) is 65.8 Å². The average molecular weight is 508 g/mol. The van der Waals surface area contributed by atoms with Crippen LogP contribution in [0.25, 0.3) is 0 Å². The van der Waals surface area contributed by atoms with E-state index in [1.165, 1.54) is 38.9 Å². The molecule has 2 saturated heterocycles. The van der Waals surface area contributed by atoms with Crippen molar-refractivity contribution >= 4 is 35.8 Å². The van der Waals surface area contributed by atoms with Gasteiger partial charge in [0, 0.05) is 44.7 Å². The van der Waals surface area contributed by atoms with E-state index in [4.69, 9.17) is 4.99 Å². The Morgan fingerprint density at radius 1 is 1.18 bits per heavy atom. The smallest absolute Gasteiger partial charge is 0.225 e. The minimum atomic E-state index is 0. The highest BCUT2D eigenvalue weighted by Crippen LogP contribution is 2.16. The fourth-order valence-electron chi connectivity index (χ4n) is 4.08. The molecular formula is C21H42IN5O. The zero-order chi connectivity index (χ0) is 19.6. The molecule has 28 heavy (non-hydrogen) atoms. The summed E-state index contributed by atoms with van der Waals surface area (Å²) in [5.41, 5.74) is 0. The fraction of sp³-hybridized carbons (Fsp3) is 0.905. The number of nitrogens with one attached hydrogen (secondary N) is 2. The van der Waals surface area contributed by atoms with Gasteiger partial charge in [0.15, 0.2) is 5.96 Å². The van der Waals surface area contributed by atoms with Crippen molar-refractivity contribution in [2.75, 3.05) is 45.8 Å². The standard InChI is InChI=1S/C21H41N5O.HI/c1-5-22-21(24-19-10-14-26(16-19)20(27)17(2)3)23-11-6-7-12-25-13-8-9-18(4)15-25;/h17-19H,5-16H2,1-4H3,(H2,22,23,24);1H. The molecule has 0 spiro atoms. The Morgan fingerprint density at radius 2 is 1.96 bits per heavy atom. The summed E-state index contributed by atoms with van der Waals surface area (Å²) in [6.07, 6.45) is 6.08. The van der Waals surface area contributed by atoms with Gasteiger partial charge in [-0.1, -0.05) is 20.8 Å². The normalized spacial score (nSPS) is 23.6. The molecule has 2 N–H and O–H groups in total. The average Bonchev–Trinajstić information content (AvgIpc) is 3.09. The quantitative estimate of drug-likeness (QED) is 0.230. The molecule has 2 atom stereocenters. The Hall–Kier alpha value is -0.570. The van der Waals surface area contributed by atoms with Crippen LogP contribution in [0.5, 0.6) is 0 Å². The van der Waals surface area contributed by atoms with Crippen molar-refractivity contribution in [1.82, 2.24) is 20.4 Å². The maximum atomic E-state index is 12.1. The van der Waals surface area contributed by atoms with E-state index in [0.29, 0.717) is 6.04 Å². The van der Waals surface area contributed by atoms with Crippen molar-refractivity contribution in [3.8, 4) is 0 Å². The number of hydrogen-bond acceptors (Lipinski definition) is 3. The van der Waals surface area contributed by atoms with Gasteiger partial charge in [0.2, 0.25) is 5.91 Å². The molecule has 2 aliphatic heterocycles. The second-order valence-corrected chi connectivity index (χ2v) is 8.58. The summed E-state index contributed by atoms with van der Waals surface area (Å²) in [6, 6.07) is 0.306. The van der Waals surface area contributed by atoms with Crippen LogP contribution in [0.15, 0.2) is 4.99 Å². The van der Waals surface area contributed by atoms with Crippen molar-refractivity contribution in [3.05, 3.63) is 0 Å². The molecule has 7 heteroatoms. The van der Waals surface area contributed by atoms with Crippen LogP contribution in [0.2, 0.25) is 0 Å². The third kappa shape index (κ3) is 8.84. The number of guanidine groups is 1. The van der Waals surface area contributed by atoms with Crippen LogP contribution in [-0.4, -0.2) is 73.5 Å². The number of carbonyl (C=O) groups excluding carboxylic acids is 1. The first-order valence-electron chi connectivity index (χ1n) is 11.1. The van der Waals surface area contributed by atoms with Crippen LogP contribution in [0, 0.1) is 11.8 Å². The molecule has 2 unspecified atom stereocenters. The SMILES string of the molecule is CCNC(=NCCCCN1CCCC(C)C1)NC1CCN(C(=O)C(C)C)C1.I. The van der Waals surface area contributed by atoms with Gasteiger partial charge in [0.05, 0.1) is 0 Å². The summed E-state index contributed by atoms with van der Waals surface area (Å²) in [5.74, 6) is 2.09. The van der Waals surface area contributed by atoms with E-state index in [1.54, 1.807) is 0 Å². The maximum Gasteiger partial charge on any atom is 0.225 e. The van der Waals surface area contributed by atoms with Crippen LogP contribution >= 0.6 is 24.0 Å². The van der Waals surface area contributed by atoms with E-state index in [0.717, 1.165) is 50.9 Å². The van der Waals surface area contributed by atoms with E-state index in [9.17, 15) is 4.79 Å². The molecule has 2 aliphatic rings. The van der Waals surface area contributed by atoms with Gasteiger partial charge in [0.25, 0.3) is 0 Å². The molecular weight excluding hydrogens is 465 g/mol. The summed E-state index contributed by atoms with van der Waals surface area (Å²) in [6.45, 7) is 15.5. The molecule has 164 valence electrons. The number of hydrogen-bond donors (Lipinski definition) is 2. The summed E-state index contributed by atoms with van der Waals surface area (Å²) in [5, 5.41) is 6.87. The van der Waals surface area contributed by atoms with E-state index in [2.05, 4.69) is 29.4 Å². The zero-order valence-electron chi connectivity index (χ0n) is 18.4. The lowest BCUT2D eigenvalue weighted by molar-refractivity contribution is -0.133. The molecule has 6 nitrogen and oxygen atoms in total. The highest BCUT2D eigenvalue weighted by atomic mass is 127. The molecule has 2 fully saturated rings. The van der Waals surface area contributed by atoms with E-state index in [-0.39, 0.29) is 35.8 Å². The maximum absolute atomic E-state index is 12.1. The van der Waals surface area contributed by atoms with Gasteiger partial charge in [-0.15, -0.1) is 24.0 Å². The number of nitrogens with zero attached hydrogens (tertiary/aromatic N) is 3. The third-order valence-electron chi connectivity index (χ3n) is 5.57. The lowest BCUT2D eigenvalue weighted by atomic mass is 10.0. The predicted molar refractivity (Wildman–Crippen MR) is 128 cm³/mol. The molecule has 0 aromatic carbocycles. The lowest BCUT2D eigenvalue weighted by Crippen LogP contribution is -2.45. The molecule has 0 aliphatic carbocycles. The predicted octanol–water partition coefficient (Wildman–Crippen LogP) is 2.93. The number of halogens is 1. The minimum absolute atomic E-state index is 0. The second-order valence-electron chi connectivity index (χ2n) is 8.58. The van der Waals surface area contributed by atoms with Crippen molar-refractivity contribution in [2.24, 2.45) is 16.8 Å². The van der Waals surface area contributed by atoms with Gasteiger partial charge < -0.3 is 20.4 Å². The Labute approximate surface area is 189 Å². The molecule has 1 amide bonds. The number of piperidine rings is 1. The van der Waals surface area contributed by atoms with Crippen LogP contribution in [-0.2, 0) is 4.79 Å². The second kappa shape index (κ2) is 13.6. The Bertz CT molecular complexity index is 485. The van der Waals surface area contributed by atoms with E-state index >= 15 is 0 Å². The number of aliphatic imine (C=N–C) groups is 1. The Balaban J connectivity index is 0.00000392. The van der Waals surface area contributed by atoms with Crippen molar-refractivity contribution in [1.29, 1.82) is 0 Å². The third-order valence-corrected chi connectivity index (χ3v) is 5.57. The van der Waals surface area contributed by atoms with Gasteiger partial charge in [-0.2, -0.15) is 0 Å². The Kier molecular flexibility index (Phi) is 12.4. The van der Waals surface area contributed by atoms with Gasteiger partial charge in [-0.3, -0.25) is 9.79 Å². The van der Waals surface area contributed by atoms with E-state index < -0.39 is 0 Å². The monoisotopic (exact) mass is 507 g/mol. The van der Waals surface area contributed by atoms with Crippen LogP contribution in [0.1, 0.15) is 59.8 Å². The first kappa shape index (κ1) is 25.5. The molecule has 0 aromatic heterocycles. The molecule has 0 saturated carbocycles. The van der Waals surface area contributed by atoms with Crippen molar-refractivity contribution in [3.63, 3.8) is 0 Å². The summed E-state index contributed by atoms with van der Waals surface area (Å²) < 4.78 is 0. The van der Waals surface area contributed by atoms with Crippen molar-refractivity contribution < 1.29 is 4.79 Å². The number of likely N-dealkylation sites (tertiary alicyclic amines) is 2. The fourth-order valence-corrected chi connectivity index (χ4v) is 4.08. The topological polar surface area (TPSA) is 60.0 Å². The summed E-state index contributed by atoms with van der Waals surface area (Å²) in [4.78, 5) is 21.5. The minimum Gasteiger partial charge on any atom is -0.357 e. The number of carbonyl (C=O) groups is 1. The van der Waals surface area contributed by atoms with Gasteiger partial charge in [-0.25, -0.2) is 0 Å². The number of rotatable bonds is 8. The first-order valence-corrected chi connectivity index (χ1v) is 11.1.